The van der Waals surface area contributed by atoms with Gasteiger partial charge in [0.1, 0.15) is 10.8 Å². The molecule has 2 rings (SSSR count). The van der Waals surface area contributed by atoms with Crippen LogP contribution in [-0.2, 0) is 6.42 Å². The van der Waals surface area contributed by atoms with Gasteiger partial charge < -0.3 is 11.1 Å². The molecule has 7 heteroatoms. The van der Waals surface area contributed by atoms with Crippen molar-refractivity contribution in [2.45, 2.75) is 6.42 Å². The zero-order chi connectivity index (χ0) is 13.0. The molecule has 1 aromatic heterocycles. The van der Waals surface area contributed by atoms with Crippen molar-refractivity contribution >= 4 is 22.4 Å². The van der Waals surface area contributed by atoms with Gasteiger partial charge in [-0.05, 0) is 18.2 Å². The van der Waals surface area contributed by atoms with Crippen molar-refractivity contribution < 1.29 is 9.18 Å². The molecule has 1 heterocycles. The molecule has 0 saturated carbocycles. The second kappa shape index (κ2) is 5.54. The fourth-order valence-electron chi connectivity index (χ4n) is 1.38. The first-order valence-electron chi connectivity index (χ1n) is 5.27. The number of rotatable bonds is 4. The quantitative estimate of drug-likeness (QED) is 0.872. The number of nitrogens with two attached hydrogens (primary N) is 1. The number of carbonyl (C=O) groups excluding carboxylic acids is 1. The van der Waals surface area contributed by atoms with Crippen LogP contribution >= 0.6 is 11.3 Å². The van der Waals surface area contributed by atoms with Gasteiger partial charge in [-0.3, -0.25) is 4.79 Å². The highest BCUT2D eigenvalue weighted by atomic mass is 32.1. The van der Waals surface area contributed by atoms with Gasteiger partial charge in [-0.1, -0.05) is 17.4 Å². The van der Waals surface area contributed by atoms with Crippen LogP contribution in [0.25, 0.3) is 0 Å². The van der Waals surface area contributed by atoms with Crippen LogP contribution in [0.2, 0.25) is 0 Å². The minimum atomic E-state index is -0.431. The van der Waals surface area contributed by atoms with E-state index in [0.29, 0.717) is 23.7 Å². The third-order valence-electron chi connectivity index (χ3n) is 2.19. The molecule has 0 unspecified atom stereocenters. The molecule has 5 nitrogen and oxygen atoms in total. The molecule has 3 N–H and O–H groups in total. The maximum atomic E-state index is 12.9. The van der Waals surface area contributed by atoms with Crippen LogP contribution in [0, 0.1) is 5.82 Å². The lowest BCUT2D eigenvalue weighted by Crippen LogP contribution is -2.25. The average molecular weight is 266 g/mol. The van der Waals surface area contributed by atoms with Crippen LogP contribution in [0.15, 0.2) is 24.3 Å². The molecular formula is C11H11FN4OS. The molecule has 0 aliphatic carbocycles. The van der Waals surface area contributed by atoms with Gasteiger partial charge in [0.25, 0.3) is 5.91 Å². The van der Waals surface area contributed by atoms with E-state index in [-0.39, 0.29) is 5.91 Å². The van der Waals surface area contributed by atoms with Crippen LogP contribution in [0.4, 0.5) is 9.52 Å². The van der Waals surface area contributed by atoms with Gasteiger partial charge in [0, 0.05) is 18.5 Å². The van der Waals surface area contributed by atoms with E-state index in [4.69, 9.17) is 5.73 Å². The van der Waals surface area contributed by atoms with Crippen molar-refractivity contribution in [1.82, 2.24) is 15.5 Å². The van der Waals surface area contributed by atoms with Crippen molar-refractivity contribution in [3.8, 4) is 0 Å². The molecule has 0 atom stereocenters. The lowest BCUT2D eigenvalue weighted by molar-refractivity contribution is 0.0953. The molecule has 2 aromatic rings. The number of amides is 1. The van der Waals surface area contributed by atoms with E-state index in [1.807, 2.05) is 0 Å². The summed E-state index contributed by atoms with van der Waals surface area (Å²) in [7, 11) is 0. The normalized spacial score (nSPS) is 10.3. The predicted molar refractivity (Wildman–Crippen MR) is 66.8 cm³/mol. The molecule has 94 valence electrons. The third-order valence-corrected chi connectivity index (χ3v) is 3.01. The van der Waals surface area contributed by atoms with Gasteiger partial charge in [-0.2, -0.15) is 0 Å². The summed E-state index contributed by atoms with van der Waals surface area (Å²) >= 11 is 1.28. The van der Waals surface area contributed by atoms with Gasteiger partial charge in [0.05, 0.1) is 0 Å². The van der Waals surface area contributed by atoms with E-state index < -0.39 is 5.82 Å². The van der Waals surface area contributed by atoms with E-state index in [1.165, 1.54) is 29.5 Å². The molecule has 0 saturated heterocycles. The first-order valence-corrected chi connectivity index (χ1v) is 6.08. The smallest absolute Gasteiger partial charge is 0.251 e. The Bertz CT molecular complexity index is 557. The summed E-state index contributed by atoms with van der Waals surface area (Å²) in [6, 6.07) is 5.54. The van der Waals surface area contributed by atoms with Crippen LogP contribution in [0.5, 0.6) is 0 Å². The summed E-state index contributed by atoms with van der Waals surface area (Å²) in [6.07, 6.45) is 0.552. The maximum Gasteiger partial charge on any atom is 0.251 e. The Labute approximate surface area is 107 Å². The van der Waals surface area contributed by atoms with Gasteiger partial charge in [0.15, 0.2) is 0 Å². The lowest BCUT2D eigenvalue weighted by Gasteiger charge is -2.03. The number of hydrogen-bond donors (Lipinski definition) is 2. The Hall–Kier alpha value is -2.02. The van der Waals surface area contributed by atoms with Crippen molar-refractivity contribution in [2.75, 3.05) is 12.3 Å². The molecule has 0 fully saturated rings. The van der Waals surface area contributed by atoms with Crippen molar-refractivity contribution in [3.63, 3.8) is 0 Å². The second-order valence-corrected chi connectivity index (χ2v) is 4.64. The Morgan fingerprint density at radius 2 is 2.28 bits per heavy atom. The predicted octanol–water partition coefficient (Wildman–Crippen LogP) is 1.23. The first-order chi connectivity index (χ1) is 8.65. The second-order valence-electron chi connectivity index (χ2n) is 3.55. The molecule has 18 heavy (non-hydrogen) atoms. The standard InChI is InChI=1S/C11H11FN4OS/c12-8-3-1-2-7(6-8)10(17)14-5-4-9-15-16-11(13)18-9/h1-3,6H,4-5H2,(H2,13,16)(H,14,17). The number of carbonyl (C=O) groups is 1. The maximum absolute atomic E-state index is 12.9. The summed E-state index contributed by atoms with van der Waals surface area (Å²) in [6.45, 7) is 0.407. The molecule has 0 spiro atoms. The number of nitrogens with zero attached hydrogens (tertiary/aromatic N) is 2. The number of aromatic nitrogens is 2. The summed E-state index contributed by atoms with van der Waals surface area (Å²) < 4.78 is 12.9. The van der Waals surface area contributed by atoms with Crippen molar-refractivity contribution in [2.24, 2.45) is 0 Å². The molecule has 0 radical (unpaired) electrons. The van der Waals surface area contributed by atoms with E-state index in [9.17, 15) is 9.18 Å². The number of nitrogens with one attached hydrogen (secondary N) is 1. The van der Waals surface area contributed by atoms with E-state index in [2.05, 4.69) is 15.5 Å². The van der Waals surface area contributed by atoms with Gasteiger partial charge in [-0.15, -0.1) is 10.2 Å². The topological polar surface area (TPSA) is 80.9 Å². The van der Waals surface area contributed by atoms with Gasteiger partial charge in [0.2, 0.25) is 5.13 Å². The van der Waals surface area contributed by atoms with Crippen LogP contribution in [-0.4, -0.2) is 22.6 Å². The van der Waals surface area contributed by atoms with E-state index in [0.717, 1.165) is 5.01 Å². The Kier molecular flexibility index (Phi) is 3.83. The zero-order valence-corrected chi connectivity index (χ0v) is 10.2. The number of hydrogen-bond acceptors (Lipinski definition) is 5. The van der Waals surface area contributed by atoms with Gasteiger partial charge in [-0.25, -0.2) is 4.39 Å². The van der Waals surface area contributed by atoms with Gasteiger partial charge >= 0.3 is 0 Å². The molecular weight excluding hydrogens is 255 g/mol. The van der Waals surface area contributed by atoms with Crippen LogP contribution < -0.4 is 11.1 Å². The molecule has 0 aliphatic rings. The minimum Gasteiger partial charge on any atom is -0.374 e. The molecule has 1 amide bonds. The number of halogens is 1. The Morgan fingerprint density at radius 1 is 1.44 bits per heavy atom. The minimum absolute atomic E-state index is 0.298. The van der Waals surface area contributed by atoms with Crippen molar-refractivity contribution in [1.29, 1.82) is 0 Å². The molecule has 0 aliphatic heterocycles. The summed E-state index contributed by atoms with van der Waals surface area (Å²) in [5.41, 5.74) is 5.73. The fraction of sp³-hybridized carbons (Fsp3) is 0.182. The molecule has 1 aromatic carbocycles. The van der Waals surface area contributed by atoms with Crippen LogP contribution in [0.3, 0.4) is 0 Å². The Balaban J connectivity index is 1.85. The fourth-order valence-corrected chi connectivity index (χ4v) is 1.99. The highest BCUT2D eigenvalue weighted by Crippen LogP contribution is 2.10. The summed E-state index contributed by atoms with van der Waals surface area (Å²) in [4.78, 5) is 11.7. The Morgan fingerprint density at radius 3 is 2.94 bits per heavy atom. The van der Waals surface area contributed by atoms with E-state index in [1.54, 1.807) is 6.07 Å². The molecule has 0 bridgehead atoms. The van der Waals surface area contributed by atoms with Crippen molar-refractivity contribution in [3.05, 3.63) is 40.7 Å². The highest BCUT2D eigenvalue weighted by molar-refractivity contribution is 7.15. The lowest BCUT2D eigenvalue weighted by atomic mass is 10.2. The van der Waals surface area contributed by atoms with E-state index >= 15 is 0 Å². The third kappa shape index (κ3) is 3.24. The summed E-state index contributed by atoms with van der Waals surface area (Å²) in [5.74, 6) is -0.744. The highest BCUT2D eigenvalue weighted by Gasteiger charge is 2.06. The number of nitrogen functional groups attached to an aromatic ring is 1. The average Bonchev–Trinajstić information content (AvgIpc) is 2.75. The van der Waals surface area contributed by atoms with Crippen LogP contribution in [0.1, 0.15) is 15.4 Å². The number of benzene rings is 1. The largest absolute Gasteiger partial charge is 0.374 e. The monoisotopic (exact) mass is 266 g/mol. The first kappa shape index (κ1) is 12.4. The zero-order valence-electron chi connectivity index (χ0n) is 9.39. The number of anilines is 1. The summed E-state index contributed by atoms with van der Waals surface area (Å²) in [5, 5.41) is 11.3. The SMILES string of the molecule is Nc1nnc(CCNC(=O)c2cccc(F)c2)s1.